The highest BCUT2D eigenvalue weighted by molar-refractivity contribution is 5.94. The average Bonchev–Trinajstić information content (AvgIpc) is 3.35. The maximum absolute atomic E-state index is 12.8. The minimum atomic E-state index is -0.208. The zero-order valence-electron chi connectivity index (χ0n) is 15.1. The summed E-state index contributed by atoms with van der Waals surface area (Å²) in [6.07, 6.45) is 3.09. The van der Waals surface area contributed by atoms with Crippen molar-refractivity contribution >= 4 is 16.9 Å². The standard InChI is InChI=1S/C20H20N6O/c1-13(2)18(19-23-16-5-3-4-6-17(16)24-19)25-20(27)14-7-9-15(10-8-14)26-12-21-11-22-26/h3-13,18H,1-2H3,(H,23,24)(H,25,27)/t18-/m0/s1. The predicted molar refractivity (Wildman–Crippen MR) is 102 cm³/mol. The predicted octanol–water partition coefficient (Wildman–Crippen LogP) is 3.27. The first kappa shape index (κ1) is 17.0. The van der Waals surface area contributed by atoms with Gasteiger partial charge in [0, 0.05) is 5.56 Å². The fraction of sp³-hybridized carbons (Fsp3) is 0.200. The van der Waals surface area contributed by atoms with Crippen LogP contribution in [0.2, 0.25) is 0 Å². The number of hydrogen-bond acceptors (Lipinski definition) is 4. The van der Waals surface area contributed by atoms with Crippen molar-refractivity contribution in [3.05, 3.63) is 72.6 Å². The molecule has 2 aromatic carbocycles. The van der Waals surface area contributed by atoms with Gasteiger partial charge in [-0.2, -0.15) is 5.10 Å². The molecule has 2 heterocycles. The molecule has 0 spiro atoms. The molecule has 1 amide bonds. The number of carbonyl (C=O) groups excluding carboxylic acids is 1. The van der Waals surface area contributed by atoms with E-state index in [1.165, 1.54) is 6.33 Å². The van der Waals surface area contributed by atoms with Crippen molar-refractivity contribution in [2.24, 2.45) is 5.92 Å². The molecule has 4 rings (SSSR count). The van der Waals surface area contributed by atoms with Crippen molar-refractivity contribution in [3.8, 4) is 5.69 Å². The van der Waals surface area contributed by atoms with Crippen LogP contribution in [0.4, 0.5) is 0 Å². The second kappa shape index (κ2) is 7.03. The van der Waals surface area contributed by atoms with E-state index in [0.717, 1.165) is 22.5 Å². The van der Waals surface area contributed by atoms with Crippen LogP contribution < -0.4 is 5.32 Å². The number of aromatic amines is 1. The van der Waals surface area contributed by atoms with E-state index in [4.69, 9.17) is 0 Å². The number of benzene rings is 2. The third-order valence-corrected chi connectivity index (χ3v) is 4.47. The fourth-order valence-electron chi connectivity index (χ4n) is 3.00. The molecule has 2 N–H and O–H groups in total. The van der Waals surface area contributed by atoms with Gasteiger partial charge in [-0.25, -0.2) is 14.6 Å². The van der Waals surface area contributed by atoms with Gasteiger partial charge < -0.3 is 10.3 Å². The maximum Gasteiger partial charge on any atom is 0.251 e. The van der Waals surface area contributed by atoms with Gasteiger partial charge >= 0.3 is 0 Å². The Kier molecular flexibility index (Phi) is 4.42. The lowest BCUT2D eigenvalue weighted by Gasteiger charge is -2.20. The Morgan fingerprint density at radius 3 is 2.56 bits per heavy atom. The van der Waals surface area contributed by atoms with Crippen LogP contribution in [0.3, 0.4) is 0 Å². The summed E-state index contributed by atoms with van der Waals surface area (Å²) in [5.74, 6) is 0.807. The Morgan fingerprint density at radius 2 is 1.89 bits per heavy atom. The van der Waals surface area contributed by atoms with E-state index in [0.29, 0.717) is 5.56 Å². The molecule has 0 aliphatic rings. The van der Waals surface area contributed by atoms with E-state index in [9.17, 15) is 4.79 Å². The SMILES string of the molecule is CC(C)[C@H](NC(=O)c1ccc(-n2cncn2)cc1)c1nc2ccccc2[nH]1. The number of hydrogen-bond donors (Lipinski definition) is 2. The van der Waals surface area contributed by atoms with Crippen LogP contribution in [0.1, 0.15) is 36.1 Å². The van der Waals surface area contributed by atoms with Crippen LogP contribution in [0.25, 0.3) is 16.7 Å². The molecule has 7 nitrogen and oxygen atoms in total. The lowest BCUT2D eigenvalue weighted by molar-refractivity contribution is 0.0923. The number of aromatic nitrogens is 5. The Bertz CT molecular complexity index is 1020. The smallest absolute Gasteiger partial charge is 0.251 e. The summed E-state index contributed by atoms with van der Waals surface area (Å²) in [5, 5.41) is 7.18. The second-order valence-electron chi connectivity index (χ2n) is 6.72. The molecular weight excluding hydrogens is 340 g/mol. The molecular formula is C20H20N6O. The second-order valence-corrected chi connectivity index (χ2v) is 6.72. The van der Waals surface area contributed by atoms with Gasteiger partial charge in [0.2, 0.25) is 0 Å². The minimum absolute atomic E-state index is 0.140. The molecule has 0 bridgehead atoms. The highest BCUT2D eigenvalue weighted by atomic mass is 16.1. The first-order valence-electron chi connectivity index (χ1n) is 8.82. The molecule has 4 aromatic rings. The number of imidazole rings is 1. The summed E-state index contributed by atoms with van der Waals surface area (Å²) < 4.78 is 1.65. The van der Waals surface area contributed by atoms with Crippen molar-refractivity contribution in [3.63, 3.8) is 0 Å². The molecule has 136 valence electrons. The average molecular weight is 360 g/mol. The molecule has 0 aliphatic heterocycles. The van der Waals surface area contributed by atoms with Crippen LogP contribution in [-0.2, 0) is 0 Å². The largest absolute Gasteiger partial charge is 0.342 e. The van der Waals surface area contributed by atoms with Crippen LogP contribution >= 0.6 is 0 Å². The lowest BCUT2D eigenvalue weighted by atomic mass is 10.0. The maximum atomic E-state index is 12.8. The number of fused-ring (bicyclic) bond motifs is 1. The Labute approximate surface area is 156 Å². The highest BCUT2D eigenvalue weighted by Crippen LogP contribution is 2.22. The number of amides is 1. The van der Waals surface area contributed by atoms with Gasteiger partial charge in [0.25, 0.3) is 5.91 Å². The van der Waals surface area contributed by atoms with Crippen LogP contribution in [-0.4, -0.2) is 30.6 Å². The molecule has 27 heavy (non-hydrogen) atoms. The first-order valence-corrected chi connectivity index (χ1v) is 8.82. The normalized spacial score (nSPS) is 12.4. The molecule has 0 saturated carbocycles. The summed E-state index contributed by atoms with van der Waals surface area (Å²) in [7, 11) is 0. The van der Waals surface area contributed by atoms with Crippen LogP contribution in [0.5, 0.6) is 0 Å². The summed E-state index contributed by atoms with van der Waals surface area (Å²) >= 11 is 0. The van der Waals surface area contributed by atoms with Crippen molar-refractivity contribution in [1.82, 2.24) is 30.0 Å². The Balaban J connectivity index is 1.55. The van der Waals surface area contributed by atoms with Gasteiger partial charge in [0.15, 0.2) is 0 Å². The molecule has 1 atom stereocenters. The third-order valence-electron chi connectivity index (χ3n) is 4.47. The topological polar surface area (TPSA) is 88.5 Å². The van der Waals surface area contributed by atoms with Gasteiger partial charge in [-0.1, -0.05) is 26.0 Å². The first-order chi connectivity index (χ1) is 13.1. The van der Waals surface area contributed by atoms with Gasteiger partial charge in [0.1, 0.15) is 18.5 Å². The minimum Gasteiger partial charge on any atom is -0.342 e. The zero-order valence-corrected chi connectivity index (χ0v) is 15.1. The summed E-state index contributed by atoms with van der Waals surface area (Å²) in [5.41, 5.74) is 3.29. The Hall–Kier alpha value is -3.48. The summed E-state index contributed by atoms with van der Waals surface area (Å²) in [6, 6.07) is 14.9. The number of nitrogens with one attached hydrogen (secondary N) is 2. The van der Waals surface area contributed by atoms with Gasteiger partial charge in [-0.05, 0) is 42.3 Å². The molecule has 0 fully saturated rings. The quantitative estimate of drug-likeness (QED) is 0.572. The van der Waals surface area contributed by atoms with E-state index in [-0.39, 0.29) is 17.9 Å². The van der Waals surface area contributed by atoms with E-state index in [1.807, 2.05) is 36.4 Å². The van der Waals surface area contributed by atoms with E-state index in [2.05, 4.69) is 39.2 Å². The summed E-state index contributed by atoms with van der Waals surface area (Å²) in [6.45, 7) is 4.12. The van der Waals surface area contributed by atoms with Crippen molar-refractivity contribution in [1.29, 1.82) is 0 Å². The number of H-pyrrole nitrogens is 1. The lowest BCUT2D eigenvalue weighted by Crippen LogP contribution is -2.32. The highest BCUT2D eigenvalue weighted by Gasteiger charge is 2.22. The van der Waals surface area contributed by atoms with Crippen LogP contribution in [0, 0.1) is 5.92 Å². The fourth-order valence-corrected chi connectivity index (χ4v) is 3.00. The van der Waals surface area contributed by atoms with E-state index < -0.39 is 0 Å². The zero-order chi connectivity index (χ0) is 18.8. The van der Waals surface area contributed by atoms with Gasteiger partial charge in [-0.3, -0.25) is 4.79 Å². The van der Waals surface area contributed by atoms with Gasteiger partial charge in [-0.15, -0.1) is 0 Å². The molecule has 0 saturated heterocycles. The monoisotopic (exact) mass is 360 g/mol. The molecule has 2 aromatic heterocycles. The van der Waals surface area contributed by atoms with Crippen LogP contribution in [0.15, 0.2) is 61.2 Å². The summed E-state index contributed by atoms with van der Waals surface area (Å²) in [4.78, 5) is 24.6. The Morgan fingerprint density at radius 1 is 1.11 bits per heavy atom. The molecule has 0 unspecified atom stereocenters. The third kappa shape index (κ3) is 3.44. The van der Waals surface area contributed by atoms with Crippen molar-refractivity contribution < 1.29 is 4.79 Å². The van der Waals surface area contributed by atoms with Gasteiger partial charge in [0.05, 0.1) is 22.8 Å². The number of nitrogens with zero attached hydrogens (tertiary/aromatic N) is 4. The van der Waals surface area contributed by atoms with E-state index in [1.54, 1.807) is 23.1 Å². The molecule has 0 aliphatic carbocycles. The number of rotatable bonds is 5. The molecule has 0 radical (unpaired) electrons. The number of carbonyl (C=O) groups is 1. The number of para-hydroxylation sites is 2. The van der Waals surface area contributed by atoms with E-state index >= 15 is 0 Å². The van der Waals surface area contributed by atoms with Crippen molar-refractivity contribution in [2.45, 2.75) is 19.9 Å². The van der Waals surface area contributed by atoms with Crippen molar-refractivity contribution in [2.75, 3.05) is 0 Å². The molecule has 7 heteroatoms.